The van der Waals surface area contributed by atoms with Gasteiger partial charge in [-0.05, 0) is 12.1 Å². The summed E-state index contributed by atoms with van der Waals surface area (Å²) < 4.78 is 6.89. The van der Waals surface area contributed by atoms with E-state index in [2.05, 4.69) is 0 Å². The van der Waals surface area contributed by atoms with Gasteiger partial charge >= 0.3 is 0 Å². The summed E-state index contributed by atoms with van der Waals surface area (Å²) in [4.78, 5) is 13.6. The summed E-state index contributed by atoms with van der Waals surface area (Å²) in [6.45, 7) is 0.456. The maximum absolute atomic E-state index is 12.1. The van der Waals surface area contributed by atoms with Crippen LogP contribution in [0.5, 0.6) is 0 Å². The van der Waals surface area contributed by atoms with E-state index in [4.69, 9.17) is 4.74 Å². The van der Waals surface area contributed by atoms with Crippen molar-refractivity contribution in [1.29, 1.82) is 0 Å². The van der Waals surface area contributed by atoms with Gasteiger partial charge in [0.1, 0.15) is 0 Å². The van der Waals surface area contributed by atoms with Crippen LogP contribution < -0.4 is 0 Å². The maximum Gasteiger partial charge on any atom is 0.246 e. The van der Waals surface area contributed by atoms with Crippen molar-refractivity contribution in [2.45, 2.75) is 6.10 Å². The molecule has 0 saturated heterocycles. The molecule has 0 radical (unpaired) electrons. The van der Waals surface area contributed by atoms with Crippen molar-refractivity contribution in [2.24, 2.45) is 7.05 Å². The molecule has 0 aliphatic carbocycles. The van der Waals surface area contributed by atoms with Gasteiger partial charge < -0.3 is 19.3 Å². The molecule has 22 heavy (non-hydrogen) atoms. The molecule has 0 saturated carbocycles. The number of aliphatic hydroxyl groups is 1. The van der Waals surface area contributed by atoms with E-state index in [1.165, 1.54) is 18.1 Å². The highest BCUT2D eigenvalue weighted by Gasteiger charge is 2.11. The first-order valence-corrected chi connectivity index (χ1v) is 7.17. The Hall–Kier alpha value is -2.11. The molecule has 1 aromatic heterocycles. The number of likely N-dealkylation sites (N-methyl/N-ethyl adjacent to an activating group) is 1. The largest absolute Gasteiger partial charge is 0.389 e. The smallest absolute Gasteiger partial charge is 0.246 e. The van der Waals surface area contributed by atoms with Gasteiger partial charge in [-0.2, -0.15) is 0 Å². The fourth-order valence-corrected chi connectivity index (χ4v) is 2.45. The van der Waals surface area contributed by atoms with Crippen LogP contribution in [0.15, 0.2) is 36.5 Å². The predicted octanol–water partition coefficient (Wildman–Crippen LogP) is 1.66. The second-order valence-corrected chi connectivity index (χ2v) is 5.37. The van der Waals surface area contributed by atoms with Crippen LogP contribution in [0.4, 0.5) is 0 Å². The van der Waals surface area contributed by atoms with Crippen LogP contribution in [0.1, 0.15) is 5.56 Å². The first-order valence-electron chi connectivity index (χ1n) is 7.17. The Kier molecular flexibility index (Phi) is 5.35. The molecule has 0 bridgehead atoms. The lowest BCUT2D eigenvalue weighted by Gasteiger charge is -2.18. The molecular formula is C17H22N2O3. The van der Waals surface area contributed by atoms with Crippen LogP contribution in [0.3, 0.4) is 0 Å². The molecule has 1 unspecified atom stereocenters. The van der Waals surface area contributed by atoms with Crippen molar-refractivity contribution in [3.63, 3.8) is 0 Å². The minimum absolute atomic E-state index is 0.150. The van der Waals surface area contributed by atoms with Crippen LogP contribution in [-0.2, 0) is 16.6 Å². The number of rotatable bonds is 6. The number of nitrogens with zero attached hydrogens (tertiary/aromatic N) is 2. The number of benzene rings is 1. The summed E-state index contributed by atoms with van der Waals surface area (Å²) in [5.41, 5.74) is 2.12. The number of aliphatic hydroxyl groups excluding tert-OH is 1. The molecule has 0 aliphatic rings. The number of para-hydroxylation sites is 1. The van der Waals surface area contributed by atoms with Crippen molar-refractivity contribution < 1.29 is 14.6 Å². The van der Waals surface area contributed by atoms with Crippen molar-refractivity contribution in [3.8, 4) is 0 Å². The second kappa shape index (κ2) is 7.24. The number of fused-ring (bicyclic) bond motifs is 1. The van der Waals surface area contributed by atoms with E-state index in [-0.39, 0.29) is 19.1 Å². The van der Waals surface area contributed by atoms with Gasteiger partial charge in [-0.25, -0.2) is 0 Å². The Balaban J connectivity index is 2.08. The van der Waals surface area contributed by atoms with E-state index in [1.807, 2.05) is 48.2 Å². The lowest BCUT2D eigenvalue weighted by atomic mass is 10.1. The quantitative estimate of drug-likeness (QED) is 0.826. The van der Waals surface area contributed by atoms with Gasteiger partial charge in [0.15, 0.2) is 0 Å². The number of amides is 1. The summed E-state index contributed by atoms with van der Waals surface area (Å²) in [5.74, 6) is -0.150. The number of hydrogen-bond acceptors (Lipinski definition) is 3. The van der Waals surface area contributed by atoms with Crippen LogP contribution in [0.2, 0.25) is 0 Å². The fourth-order valence-electron chi connectivity index (χ4n) is 2.45. The van der Waals surface area contributed by atoms with Crippen molar-refractivity contribution in [3.05, 3.63) is 42.1 Å². The summed E-state index contributed by atoms with van der Waals surface area (Å²) in [5, 5.41) is 10.8. The lowest BCUT2D eigenvalue weighted by molar-refractivity contribution is -0.126. The highest BCUT2D eigenvalue weighted by Crippen LogP contribution is 2.21. The number of hydrogen-bond donors (Lipinski definition) is 1. The summed E-state index contributed by atoms with van der Waals surface area (Å²) in [6, 6.07) is 8.05. The van der Waals surface area contributed by atoms with Gasteiger partial charge in [-0.1, -0.05) is 18.2 Å². The molecule has 0 fully saturated rings. The van der Waals surface area contributed by atoms with Crippen molar-refractivity contribution in [1.82, 2.24) is 9.47 Å². The zero-order valence-corrected chi connectivity index (χ0v) is 13.2. The zero-order valence-electron chi connectivity index (χ0n) is 13.2. The van der Waals surface area contributed by atoms with Gasteiger partial charge in [0.25, 0.3) is 0 Å². The third-order valence-corrected chi connectivity index (χ3v) is 3.55. The molecule has 5 heteroatoms. The number of carbonyl (C=O) groups is 1. The molecule has 2 aromatic rings. The topological polar surface area (TPSA) is 54.7 Å². The zero-order chi connectivity index (χ0) is 16.1. The highest BCUT2D eigenvalue weighted by atomic mass is 16.5. The van der Waals surface area contributed by atoms with E-state index in [1.54, 1.807) is 7.05 Å². The van der Waals surface area contributed by atoms with E-state index in [0.29, 0.717) is 0 Å². The molecule has 118 valence electrons. The molecule has 1 N–H and O–H groups in total. The van der Waals surface area contributed by atoms with Crippen LogP contribution in [-0.4, -0.2) is 53.9 Å². The van der Waals surface area contributed by atoms with Gasteiger partial charge in [0, 0.05) is 56.5 Å². The molecule has 0 aliphatic heterocycles. The molecular weight excluding hydrogens is 280 g/mol. The van der Waals surface area contributed by atoms with Gasteiger partial charge in [0.05, 0.1) is 12.7 Å². The van der Waals surface area contributed by atoms with Crippen molar-refractivity contribution in [2.75, 3.05) is 27.3 Å². The van der Waals surface area contributed by atoms with Crippen LogP contribution >= 0.6 is 0 Å². The average Bonchev–Trinajstić information content (AvgIpc) is 2.82. The Bertz CT molecular complexity index is 676. The molecule has 1 amide bonds. The van der Waals surface area contributed by atoms with Crippen LogP contribution in [0.25, 0.3) is 17.0 Å². The standard InChI is InChI=1S/C17H22N2O3/c1-18-10-13(15-6-4-5-7-16(15)18)8-9-17(21)19(2)11-14(20)12-22-3/h4-10,14,20H,11-12H2,1-3H3. The van der Waals surface area contributed by atoms with Crippen molar-refractivity contribution >= 4 is 22.9 Å². The van der Waals surface area contributed by atoms with E-state index in [0.717, 1.165) is 16.5 Å². The Labute approximate surface area is 130 Å². The molecule has 1 atom stereocenters. The molecule has 2 rings (SSSR count). The molecule has 0 spiro atoms. The van der Waals surface area contributed by atoms with Crippen LogP contribution in [0, 0.1) is 0 Å². The highest BCUT2D eigenvalue weighted by molar-refractivity contribution is 5.96. The lowest BCUT2D eigenvalue weighted by Crippen LogP contribution is -2.35. The SMILES string of the molecule is COCC(O)CN(C)C(=O)C=Cc1cn(C)c2ccccc12. The number of aryl methyl sites for hydroxylation is 1. The van der Waals surface area contributed by atoms with Gasteiger partial charge in [-0.15, -0.1) is 0 Å². The van der Waals surface area contributed by atoms with E-state index >= 15 is 0 Å². The Morgan fingerprint density at radius 3 is 2.91 bits per heavy atom. The fraction of sp³-hybridized carbons (Fsp3) is 0.353. The minimum Gasteiger partial charge on any atom is -0.389 e. The minimum atomic E-state index is -0.676. The normalized spacial score (nSPS) is 12.9. The maximum atomic E-state index is 12.1. The average molecular weight is 302 g/mol. The second-order valence-electron chi connectivity index (χ2n) is 5.37. The third kappa shape index (κ3) is 3.75. The first-order chi connectivity index (χ1) is 10.5. The monoisotopic (exact) mass is 302 g/mol. The van der Waals surface area contributed by atoms with Gasteiger partial charge in [-0.3, -0.25) is 4.79 Å². The first kappa shape index (κ1) is 16.3. The Morgan fingerprint density at radius 1 is 1.45 bits per heavy atom. The summed E-state index contributed by atoms with van der Waals surface area (Å²) in [6.07, 6.45) is 4.66. The van der Waals surface area contributed by atoms with E-state index in [9.17, 15) is 9.90 Å². The molecule has 1 heterocycles. The van der Waals surface area contributed by atoms with E-state index < -0.39 is 6.10 Å². The number of carbonyl (C=O) groups excluding carboxylic acids is 1. The van der Waals surface area contributed by atoms with Gasteiger partial charge in [0.2, 0.25) is 5.91 Å². The summed E-state index contributed by atoms with van der Waals surface area (Å²) >= 11 is 0. The predicted molar refractivity (Wildman–Crippen MR) is 87.5 cm³/mol. The number of aromatic nitrogens is 1. The molecule has 1 aromatic carbocycles. The number of ether oxygens (including phenoxy) is 1. The molecule has 5 nitrogen and oxygen atoms in total. The third-order valence-electron chi connectivity index (χ3n) is 3.55. The number of methoxy groups -OCH3 is 1. The summed E-state index contributed by atoms with van der Waals surface area (Å²) in [7, 11) is 5.16. The Morgan fingerprint density at radius 2 is 2.18 bits per heavy atom.